The number of nitrogens with zero attached hydrogens (tertiary/aromatic N) is 1. The van der Waals surface area contributed by atoms with Crippen LogP contribution in [0.15, 0.2) is 30.3 Å². The van der Waals surface area contributed by atoms with Crippen molar-refractivity contribution in [2.45, 2.75) is 31.1 Å². The van der Waals surface area contributed by atoms with E-state index in [4.69, 9.17) is 0 Å². The van der Waals surface area contributed by atoms with E-state index in [2.05, 4.69) is 0 Å². The molecule has 2 rings (SSSR count). The van der Waals surface area contributed by atoms with E-state index in [9.17, 15) is 17.1 Å². The molecule has 1 aliphatic rings. The molecule has 1 fully saturated rings. The Morgan fingerprint density at radius 3 is 2.47 bits per heavy atom. The lowest BCUT2D eigenvalue weighted by Crippen LogP contribution is -2.31. The van der Waals surface area contributed by atoms with Crippen molar-refractivity contribution < 1.29 is 17.1 Å². The molecular weight excluding hydrogens is 269 g/mol. The SMILES string of the molecule is CCC(c1ccccc1)N1CC(S(=O)(=O)F)CC1=O. The maximum absolute atomic E-state index is 13.0. The molecule has 0 aliphatic carbocycles. The summed E-state index contributed by atoms with van der Waals surface area (Å²) in [6, 6.07) is 9.18. The van der Waals surface area contributed by atoms with Crippen LogP contribution in [0.25, 0.3) is 0 Å². The molecule has 1 aromatic carbocycles. The van der Waals surface area contributed by atoms with Crippen molar-refractivity contribution in [1.82, 2.24) is 4.90 Å². The number of hydrogen-bond donors (Lipinski definition) is 0. The van der Waals surface area contributed by atoms with Gasteiger partial charge in [-0.3, -0.25) is 4.79 Å². The second-order valence-electron chi connectivity index (χ2n) is 4.68. The third-order valence-electron chi connectivity index (χ3n) is 3.47. The highest BCUT2D eigenvalue weighted by molar-refractivity contribution is 7.87. The molecule has 2 unspecified atom stereocenters. The van der Waals surface area contributed by atoms with Gasteiger partial charge in [0.2, 0.25) is 5.91 Å². The van der Waals surface area contributed by atoms with Crippen LogP contribution in [-0.4, -0.2) is 31.0 Å². The lowest BCUT2D eigenvalue weighted by Gasteiger charge is -2.27. The third kappa shape index (κ3) is 2.94. The Bertz CT molecular complexity index is 559. The van der Waals surface area contributed by atoms with E-state index in [1.807, 2.05) is 37.3 Å². The Labute approximate surface area is 112 Å². The van der Waals surface area contributed by atoms with Gasteiger partial charge in [0.15, 0.2) is 0 Å². The summed E-state index contributed by atoms with van der Waals surface area (Å²) in [4.78, 5) is 13.4. The van der Waals surface area contributed by atoms with Crippen molar-refractivity contribution in [3.63, 3.8) is 0 Å². The van der Waals surface area contributed by atoms with Crippen molar-refractivity contribution in [3.8, 4) is 0 Å². The molecule has 1 saturated heterocycles. The molecule has 1 amide bonds. The number of hydrogen-bond acceptors (Lipinski definition) is 3. The van der Waals surface area contributed by atoms with E-state index in [1.165, 1.54) is 4.90 Å². The van der Waals surface area contributed by atoms with Gasteiger partial charge >= 0.3 is 10.2 Å². The number of benzene rings is 1. The molecule has 1 aromatic rings. The molecule has 0 saturated carbocycles. The van der Waals surface area contributed by atoms with Gasteiger partial charge in [-0.25, -0.2) is 0 Å². The first-order chi connectivity index (χ1) is 8.93. The van der Waals surface area contributed by atoms with Gasteiger partial charge in [0.05, 0.1) is 6.04 Å². The quantitative estimate of drug-likeness (QED) is 0.795. The minimum absolute atomic E-state index is 0.0644. The highest BCUT2D eigenvalue weighted by atomic mass is 32.3. The van der Waals surface area contributed by atoms with Gasteiger partial charge in [-0.15, -0.1) is 3.89 Å². The number of carbonyl (C=O) groups is 1. The van der Waals surface area contributed by atoms with Gasteiger partial charge in [0, 0.05) is 13.0 Å². The molecule has 2 atom stereocenters. The predicted molar refractivity (Wildman–Crippen MR) is 69.6 cm³/mol. The van der Waals surface area contributed by atoms with Crippen LogP contribution in [0.3, 0.4) is 0 Å². The fourth-order valence-electron chi connectivity index (χ4n) is 2.50. The first-order valence-corrected chi connectivity index (χ1v) is 7.66. The van der Waals surface area contributed by atoms with E-state index < -0.39 is 15.5 Å². The zero-order chi connectivity index (χ0) is 14.0. The molecule has 104 valence electrons. The summed E-state index contributed by atoms with van der Waals surface area (Å²) >= 11 is 0. The highest BCUT2D eigenvalue weighted by Crippen LogP contribution is 2.31. The molecule has 0 spiro atoms. The van der Waals surface area contributed by atoms with Gasteiger partial charge in [0.1, 0.15) is 5.25 Å². The summed E-state index contributed by atoms with van der Waals surface area (Å²) in [7, 11) is -4.65. The molecule has 0 aromatic heterocycles. The van der Waals surface area contributed by atoms with Crippen molar-refractivity contribution in [2.75, 3.05) is 6.54 Å². The van der Waals surface area contributed by atoms with Crippen LogP contribution in [-0.2, 0) is 15.0 Å². The summed E-state index contributed by atoms with van der Waals surface area (Å²) in [5.41, 5.74) is 0.940. The van der Waals surface area contributed by atoms with Crippen molar-refractivity contribution >= 4 is 16.1 Å². The highest BCUT2D eigenvalue weighted by Gasteiger charge is 2.41. The molecule has 0 radical (unpaired) electrons. The third-order valence-corrected chi connectivity index (χ3v) is 4.58. The van der Waals surface area contributed by atoms with Crippen LogP contribution in [0, 0.1) is 0 Å². The van der Waals surface area contributed by atoms with Gasteiger partial charge in [0.25, 0.3) is 0 Å². The lowest BCUT2D eigenvalue weighted by atomic mass is 10.0. The number of rotatable bonds is 4. The summed E-state index contributed by atoms with van der Waals surface area (Å²) in [5.74, 6) is -0.304. The lowest BCUT2D eigenvalue weighted by molar-refractivity contribution is -0.129. The van der Waals surface area contributed by atoms with Crippen molar-refractivity contribution in [1.29, 1.82) is 0 Å². The molecule has 19 heavy (non-hydrogen) atoms. The number of halogens is 1. The average Bonchev–Trinajstić information content (AvgIpc) is 2.74. The van der Waals surface area contributed by atoms with Gasteiger partial charge in [-0.2, -0.15) is 8.42 Å². The topological polar surface area (TPSA) is 54.5 Å². The van der Waals surface area contributed by atoms with Gasteiger partial charge in [-0.05, 0) is 12.0 Å². The Kier molecular flexibility index (Phi) is 3.89. The second-order valence-corrected chi connectivity index (χ2v) is 6.30. The first kappa shape index (κ1) is 14.0. The minimum atomic E-state index is -4.65. The average molecular weight is 285 g/mol. The zero-order valence-corrected chi connectivity index (χ0v) is 11.4. The molecular formula is C13H16FNO3S. The predicted octanol–water partition coefficient (Wildman–Crippen LogP) is 2.04. The monoisotopic (exact) mass is 285 g/mol. The zero-order valence-electron chi connectivity index (χ0n) is 10.6. The fourth-order valence-corrected chi connectivity index (χ4v) is 3.18. The van der Waals surface area contributed by atoms with Crippen molar-refractivity contribution in [3.05, 3.63) is 35.9 Å². The Balaban J connectivity index is 2.24. The smallest absolute Gasteiger partial charge is 0.307 e. The normalized spacial score (nSPS) is 21.7. The summed E-state index contributed by atoms with van der Waals surface area (Å²) < 4.78 is 34.9. The van der Waals surface area contributed by atoms with E-state index in [0.29, 0.717) is 6.42 Å². The van der Waals surface area contributed by atoms with E-state index in [1.54, 1.807) is 0 Å². The van der Waals surface area contributed by atoms with E-state index in [0.717, 1.165) is 5.56 Å². The summed E-state index contributed by atoms with van der Waals surface area (Å²) in [5, 5.41) is -1.22. The molecule has 1 heterocycles. The van der Waals surface area contributed by atoms with Crippen molar-refractivity contribution in [2.24, 2.45) is 0 Å². The largest absolute Gasteiger partial charge is 0.334 e. The van der Waals surface area contributed by atoms with E-state index >= 15 is 0 Å². The standard InChI is InChI=1S/C13H16FNO3S/c1-2-12(10-6-4-3-5-7-10)15-9-11(8-13(15)16)19(14,17)18/h3-7,11-12H,2,8-9H2,1H3. The Morgan fingerprint density at radius 1 is 1.37 bits per heavy atom. The maximum Gasteiger partial charge on any atom is 0.307 e. The van der Waals surface area contributed by atoms with Gasteiger partial charge in [-0.1, -0.05) is 37.3 Å². The maximum atomic E-state index is 13.0. The molecule has 6 heteroatoms. The molecule has 4 nitrogen and oxygen atoms in total. The molecule has 0 bridgehead atoms. The summed E-state index contributed by atoms with van der Waals surface area (Å²) in [6.45, 7) is 1.85. The van der Waals surface area contributed by atoms with Crippen LogP contribution in [0.5, 0.6) is 0 Å². The first-order valence-electron chi connectivity index (χ1n) is 6.21. The van der Waals surface area contributed by atoms with Crippen LogP contribution in [0.2, 0.25) is 0 Å². The second kappa shape index (κ2) is 5.28. The molecule has 0 N–H and O–H groups in total. The number of likely N-dealkylation sites (tertiary alicyclic amines) is 1. The minimum Gasteiger partial charge on any atom is -0.334 e. The van der Waals surface area contributed by atoms with Gasteiger partial charge < -0.3 is 4.90 Å². The Hall–Kier alpha value is -1.43. The van der Waals surface area contributed by atoms with Crippen LogP contribution in [0.4, 0.5) is 3.89 Å². The fraction of sp³-hybridized carbons (Fsp3) is 0.462. The van der Waals surface area contributed by atoms with Crippen LogP contribution < -0.4 is 0 Å². The number of amides is 1. The van der Waals surface area contributed by atoms with Crippen LogP contribution >= 0.6 is 0 Å². The van der Waals surface area contributed by atoms with E-state index in [-0.39, 0.29) is 24.9 Å². The Morgan fingerprint density at radius 2 is 2.00 bits per heavy atom. The summed E-state index contributed by atoms with van der Waals surface area (Å²) in [6.07, 6.45) is 0.400. The number of carbonyl (C=O) groups excluding carboxylic acids is 1. The van der Waals surface area contributed by atoms with Crippen LogP contribution in [0.1, 0.15) is 31.4 Å². The molecule has 1 aliphatic heterocycles.